The summed E-state index contributed by atoms with van der Waals surface area (Å²) in [7, 11) is 0. The van der Waals surface area contributed by atoms with Crippen molar-refractivity contribution < 1.29 is 19.7 Å². The molecule has 1 fully saturated rings. The Kier molecular flexibility index (Phi) is 4.01. The SMILES string of the molecule is O=C(O)CCC1CCN(C2COc3cc(O)ccc32)CC1. The summed E-state index contributed by atoms with van der Waals surface area (Å²) in [6.07, 6.45) is 3.17. The molecule has 1 unspecified atom stereocenters. The van der Waals surface area contributed by atoms with Crippen molar-refractivity contribution in [2.24, 2.45) is 5.92 Å². The number of ether oxygens (including phenoxy) is 1. The van der Waals surface area contributed by atoms with E-state index in [1.165, 1.54) is 0 Å². The number of carboxylic acids is 1. The zero-order chi connectivity index (χ0) is 14.8. The van der Waals surface area contributed by atoms with Crippen molar-refractivity contribution >= 4 is 5.97 Å². The van der Waals surface area contributed by atoms with Gasteiger partial charge in [-0.25, -0.2) is 0 Å². The molecule has 1 saturated heterocycles. The minimum Gasteiger partial charge on any atom is -0.508 e. The molecule has 1 aromatic rings. The molecule has 2 heterocycles. The van der Waals surface area contributed by atoms with Gasteiger partial charge in [0.25, 0.3) is 0 Å². The van der Waals surface area contributed by atoms with Gasteiger partial charge in [-0.2, -0.15) is 0 Å². The van der Waals surface area contributed by atoms with E-state index in [9.17, 15) is 9.90 Å². The first-order chi connectivity index (χ1) is 10.1. The molecular weight excluding hydrogens is 270 g/mol. The highest BCUT2D eigenvalue weighted by Crippen LogP contribution is 2.39. The third-order valence-corrected chi connectivity index (χ3v) is 4.61. The Bertz CT molecular complexity index is 523. The second-order valence-electron chi connectivity index (χ2n) is 5.96. The molecule has 2 aliphatic heterocycles. The first-order valence-electron chi connectivity index (χ1n) is 7.55. The molecule has 5 heteroatoms. The highest BCUT2D eigenvalue weighted by molar-refractivity contribution is 5.66. The van der Waals surface area contributed by atoms with Crippen LogP contribution in [0.25, 0.3) is 0 Å². The van der Waals surface area contributed by atoms with Crippen molar-refractivity contribution in [3.8, 4) is 11.5 Å². The van der Waals surface area contributed by atoms with Crippen molar-refractivity contribution in [3.63, 3.8) is 0 Å². The van der Waals surface area contributed by atoms with E-state index >= 15 is 0 Å². The second kappa shape index (κ2) is 5.93. The molecule has 0 saturated carbocycles. The van der Waals surface area contributed by atoms with Gasteiger partial charge in [-0.15, -0.1) is 0 Å². The third kappa shape index (κ3) is 3.13. The Morgan fingerprint density at radius 1 is 1.33 bits per heavy atom. The summed E-state index contributed by atoms with van der Waals surface area (Å²) in [5.74, 6) is 0.851. The van der Waals surface area contributed by atoms with Crippen LogP contribution in [0, 0.1) is 5.92 Å². The lowest BCUT2D eigenvalue weighted by Gasteiger charge is -2.35. The largest absolute Gasteiger partial charge is 0.508 e. The Morgan fingerprint density at radius 2 is 2.10 bits per heavy atom. The number of aliphatic carboxylic acids is 1. The number of nitrogens with zero attached hydrogens (tertiary/aromatic N) is 1. The second-order valence-corrected chi connectivity index (χ2v) is 5.96. The number of rotatable bonds is 4. The van der Waals surface area contributed by atoms with Gasteiger partial charge >= 0.3 is 5.97 Å². The van der Waals surface area contributed by atoms with Gasteiger partial charge in [-0.1, -0.05) is 0 Å². The van der Waals surface area contributed by atoms with E-state index < -0.39 is 5.97 Å². The number of hydrogen-bond acceptors (Lipinski definition) is 4. The molecule has 0 amide bonds. The maximum absolute atomic E-state index is 10.6. The van der Waals surface area contributed by atoms with E-state index in [2.05, 4.69) is 4.90 Å². The monoisotopic (exact) mass is 291 g/mol. The summed E-state index contributed by atoms with van der Waals surface area (Å²) in [4.78, 5) is 13.0. The number of carboxylic acid groups (broad SMARTS) is 1. The van der Waals surface area contributed by atoms with Gasteiger partial charge in [0.15, 0.2) is 0 Å². The fourth-order valence-electron chi connectivity index (χ4n) is 3.36. The summed E-state index contributed by atoms with van der Waals surface area (Å²) >= 11 is 0. The maximum atomic E-state index is 10.6. The maximum Gasteiger partial charge on any atom is 0.303 e. The van der Waals surface area contributed by atoms with Crippen LogP contribution in [0.2, 0.25) is 0 Å². The number of aromatic hydroxyl groups is 1. The van der Waals surface area contributed by atoms with Crippen LogP contribution < -0.4 is 4.74 Å². The summed E-state index contributed by atoms with van der Waals surface area (Å²) in [6.45, 7) is 2.61. The third-order valence-electron chi connectivity index (χ3n) is 4.61. The molecule has 0 bridgehead atoms. The van der Waals surface area contributed by atoms with E-state index in [0.717, 1.165) is 43.7 Å². The zero-order valence-electron chi connectivity index (χ0n) is 12.0. The van der Waals surface area contributed by atoms with Gasteiger partial charge in [0.1, 0.15) is 18.1 Å². The molecule has 0 spiro atoms. The molecule has 0 aliphatic carbocycles. The topological polar surface area (TPSA) is 70.0 Å². The zero-order valence-corrected chi connectivity index (χ0v) is 12.0. The van der Waals surface area contributed by atoms with Crippen LogP contribution in [0.1, 0.15) is 37.3 Å². The van der Waals surface area contributed by atoms with Crippen molar-refractivity contribution in [3.05, 3.63) is 23.8 Å². The molecule has 21 heavy (non-hydrogen) atoms. The molecule has 0 radical (unpaired) electrons. The van der Waals surface area contributed by atoms with Gasteiger partial charge in [-0.05, 0) is 50.4 Å². The van der Waals surface area contributed by atoms with Crippen molar-refractivity contribution in [1.82, 2.24) is 4.90 Å². The predicted molar refractivity (Wildman–Crippen MR) is 77.5 cm³/mol. The number of phenolic OH excluding ortho intramolecular Hbond substituents is 1. The molecule has 114 valence electrons. The molecule has 1 atom stereocenters. The van der Waals surface area contributed by atoms with E-state index in [1.54, 1.807) is 12.1 Å². The number of phenols is 1. The van der Waals surface area contributed by atoms with Crippen molar-refractivity contribution in [2.45, 2.75) is 31.7 Å². The summed E-state index contributed by atoms with van der Waals surface area (Å²) < 4.78 is 5.67. The Hall–Kier alpha value is -1.75. The molecule has 2 aliphatic rings. The summed E-state index contributed by atoms with van der Waals surface area (Å²) in [5.41, 5.74) is 1.15. The Labute approximate surface area is 124 Å². The number of piperidine rings is 1. The van der Waals surface area contributed by atoms with Gasteiger partial charge in [0, 0.05) is 18.1 Å². The van der Waals surface area contributed by atoms with Crippen LogP contribution in [-0.4, -0.2) is 40.8 Å². The van der Waals surface area contributed by atoms with Crippen LogP contribution in [0.15, 0.2) is 18.2 Å². The van der Waals surface area contributed by atoms with E-state index in [0.29, 0.717) is 12.5 Å². The standard InChI is InChI=1S/C16H21NO4/c18-12-2-3-13-14(10-21-15(13)9-12)17-7-5-11(6-8-17)1-4-16(19)20/h2-3,9,11,14,18H,1,4-8,10H2,(H,19,20). The van der Waals surface area contributed by atoms with Crippen LogP contribution >= 0.6 is 0 Å². The van der Waals surface area contributed by atoms with Gasteiger partial charge in [0.2, 0.25) is 0 Å². The van der Waals surface area contributed by atoms with Crippen LogP contribution in [0.3, 0.4) is 0 Å². The average Bonchev–Trinajstić information content (AvgIpc) is 2.88. The van der Waals surface area contributed by atoms with Crippen LogP contribution in [0.4, 0.5) is 0 Å². The van der Waals surface area contributed by atoms with Crippen LogP contribution in [0.5, 0.6) is 11.5 Å². The van der Waals surface area contributed by atoms with Gasteiger partial charge in [0.05, 0.1) is 6.04 Å². The summed E-state index contributed by atoms with van der Waals surface area (Å²) in [5, 5.41) is 18.2. The fourth-order valence-corrected chi connectivity index (χ4v) is 3.36. The fraction of sp³-hybridized carbons (Fsp3) is 0.562. The lowest BCUT2D eigenvalue weighted by Crippen LogP contribution is -2.37. The molecule has 0 aromatic heterocycles. The number of carbonyl (C=O) groups is 1. The first kappa shape index (κ1) is 14.2. The van der Waals surface area contributed by atoms with E-state index in [1.807, 2.05) is 6.07 Å². The highest BCUT2D eigenvalue weighted by Gasteiger charge is 2.32. The molecule has 3 rings (SSSR count). The lowest BCUT2D eigenvalue weighted by atomic mass is 9.91. The minimum atomic E-state index is -0.699. The number of hydrogen-bond donors (Lipinski definition) is 2. The van der Waals surface area contributed by atoms with Gasteiger partial charge in [-0.3, -0.25) is 9.69 Å². The predicted octanol–water partition coefficient (Wildman–Crippen LogP) is 2.40. The molecular formula is C16H21NO4. The highest BCUT2D eigenvalue weighted by atomic mass is 16.5. The average molecular weight is 291 g/mol. The molecule has 2 N–H and O–H groups in total. The Morgan fingerprint density at radius 3 is 2.81 bits per heavy atom. The first-order valence-corrected chi connectivity index (χ1v) is 7.55. The normalized spacial score (nSPS) is 22.8. The van der Waals surface area contributed by atoms with E-state index in [4.69, 9.17) is 9.84 Å². The van der Waals surface area contributed by atoms with Crippen molar-refractivity contribution in [2.75, 3.05) is 19.7 Å². The number of fused-ring (bicyclic) bond motifs is 1. The number of likely N-dealkylation sites (tertiary alicyclic amines) is 1. The minimum absolute atomic E-state index is 0.238. The number of benzene rings is 1. The van der Waals surface area contributed by atoms with E-state index in [-0.39, 0.29) is 18.2 Å². The van der Waals surface area contributed by atoms with Crippen molar-refractivity contribution in [1.29, 1.82) is 0 Å². The molecule has 5 nitrogen and oxygen atoms in total. The van der Waals surface area contributed by atoms with Gasteiger partial charge < -0.3 is 14.9 Å². The Balaban J connectivity index is 1.58. The molecule has 1 aromatic carbocycles. The quantitative estimate of drug-likeness (QED) is 0.891. The summed E-state index contributed by atoms with van der Waals surface area (Å²) in [6, 6.07) is 5.59. The lowest BCUT2D eigenvalue weighted by molar-refractivity contribution is -0.137. The van der Waals surface area contributed by atoms with Crippen LogP contribution in [-0.2, 0) is 4.79 Å². The smallest absolute Gasteiger partial charge is 0.303 e.